The third-order valence-electron chi connectivity index (χ3n) is 4.98. The van der Waals surface area contributed by atoms with Crippen LogP contribution in [0, 0.1) is 5.92 Å². The van der Waals surface area contributed by atoms with Gasteiger partial charge in [-0.2, -0.15) is 0 Å². The number of hydrogen-bond acceptors (Lipinski definition) is 3. The van der Waals surface area contributed by atoms with Crippen LogP contribution in [0.15, 0.2) is 22.7 Å². The molecule has 3 rings (SSSR count). The SMILES string of the molecule is CCOc1ccc(Br)cc1[C@@H](C1CCCC1)N1CCNCC1.Cl.Cl. The third-order valence-corrected chi connectivity index (χ3v) is 5.47. The Morgan fingerprint density at radius 1 is 1.21 bits per heavy atom. The molecule has 1 aromatic rings. The molecule has 0 spiro atoms. The van der Waals surface area contributed by atoms with Crippen LogP contribution in [-0.4, -0.2) is 37.7 Å². The normalized spacial score (nSPS) is 20.1. The van der Waals surface area contributed by atoms with Gasteiger partial charge in [-0.05, 0) is 43.9 Å². The zero-order valence-corrected chi connectivity index (χ0v) is 17.5. The van der Waals surface area contributed by atoms with Gasteiger partial charge in [0.25, 0.3) is 0 Å². The van der Waals surface area contributed by atoms with Crippen molar-refractivity contribution in [3.8, 4) is 5.75 Å². The van der Waals surface area contributed by atoms with Crippen LogP contribution in [0.5, 0.6) is 5.75 Å². The summed E-state index contributed by atoms with van der Waals surface area (Å²) in [6.07, 6.45) is 5.47. The molecule has 2 fully saturated rings. The molecule has 1 atom stereocenters. The van der Waals surface area contributed by atoms with Crippen molar-refractivity contribution in [2.24, 2.45) is 5.92 Å². The average molecular weight is 440 g/mol. The lowest BCUT2D eigenvalue weighted by Crippen LogP contribution is -2.46. The van der Waals surface area contributed by atoms with E-state index in [-0.39, 0.29) is 24.8 Å². The molecule has 1 N–H and O–H groups in total. The van der Waals surface area contributed by atoms with E-state index in [4.69, 9.17) is 4.74 Å². The fraction of sp³-hybridized carbons (Fsp3) is 0.667. The number of benzene rings is 1. The van der Waals surface area contributed by atoms with Gasteiger partial charge in [0, 0.05) is 42.3 Å². The minimum atomic E-state index is 0. The average Bonchev–Trinajstić information content (AvgIpc) is 3.05. The smallest absolute Gasteiger partial charge is 0.124 e. The lowest BCUT2D eigenvalue weighted by molar-refractivity contribution is 0.122. The van der Waals surface area contributed by atoms with Crippen molar-refractivity contribution in [3.05, 3.63) is 28.2 Å². The molecule has 6 heteroatoms. The van der Waals surface area contributed by atoms with Crippen molar-refractivity contribution in [2.75, 3.05) is 32.8 Å². The second-order valence-electron chi connectivity index (χ2n) is 6.39. The van der Waals surface area contributed by atoms with Crippen LogP contribution in [-0.2, 0) is 0 Å². The molecule has 1 aromatic carbocycles. The molecule has 1 saturated carbocycles. The van der Waals surface area contributed by atoms with Crippen LogP contribution in [0.4, 0.5) is 0 Å². The highest BCUT2D eigenvalue weighted by atomic mass is 79.9. The van der Waals surface area contributed by atoms with E-state index in [0.29, 0.717) is 6.04 Å². The molecule has 2 aliphatic rings. The van der Waals surface area contributed by atoms with Gasteiger partial charge in [-0.15, -0.1) is 24.8 Å². The number of ether oxygens (including phenoxy) is 1. The van der Waals surface area contributed by atoms with Gasteiger partial charge >= 0.3 is 0 Å². The molecule has 0 amide bonds. The molecule has 138 valence electrons. The van der Waals surface area contributed by atoms with Crippen molar-refractivity contribution in [2.45, 2.75) is 38.6 Å². The molecule has 0 radical (unpaired) electrons. The summed E-state index contributed by atoms with van der Waals surface area (Å²) in [5, 5.41) is 3.48. The lowest BCUT2D eigenvalue weighted by Gasteiger charge is -2.39. The Morgan fingerprint density at radius 2 is 1.88 bits per heavy atom. The van der Waals surface area contributed by atoms with Crippen LogP contribution in [0.1, 0.15) is 44.2 Å². The van der Waals surface area contributed by atoms with E-state index < -0.39 is 0 Å². The first-order chi connectivity index (χ1) is 10.8. The number of nitrogens with one attached hydrogen (secondary N) is 1. The number of rotatable bonds is 5. The zero-order chi connectivity index (χ0) is 15.4. The van der Waals surface area contributed by atoms with Gasteiger partial charge in [0.1, 0.15) is 5.75 Å². The molecule has 1 aliphatic heterocycles. The second kappa shape index (κ2) is 10.9. The summed E-state index contributed by atoms with van der Waals surface area (Å²) in [6, 6.07) is 7.02. The van der Waals surface area contributed by atoms with Crippen molar-refractivity contribution >= 4 is 40.7 Å². The van der Waals surface area contributed by atoms with E-state index in [2.05, 4.69) is 51.3 Å². The van der Waals surface area contributed by atoms with Crippen LogP contribution in [0.2, 0.25) is 0 Å². The number of halogens is 3. The maximum absolute atomic E-state index is 5.96. The fourth-order valence-electron chi connectivity index (χ4n) is 4.02. The Hall–Kier alpha value is -0.000000000000000222. The first kappa shape index (κ1) is 22.0. The predicted octanol–water partition coefficient (Wildman–Crippen LogP) is 4.83. The van der Waals surface area contributed by atoms with Crippen molar-refractivity contribution in [1.82, 2.24) is 10.2 Å². The predicted molar refractivity (Wildman–Crippen MR) is 109 cm³/mol. The summed E-state index contributed by atoms with van der Waals surface area (Å²) in [5.41, 5.74) is 1.38. The number of nitrogens with zero attached hydrogens (tertiary/aromatic N) is 1. The Bertz CT molecular complexity index is 492. The summed E-state index contributed by atoms with van der Waals surface area (Å²) in [7, 11) is 0. The first-order valence-electron chi connectivity index (χ1n) is 8.66. The van der Waals surface area contributed by atoms with E-state index in [0.717, 1.165) is 48.9 Å². The molecule has 1 aliphatic carbocycles. The molecule has 3 nitrogen and oxygen atoms in total. The van der Waals surface area contributed by atoms with Crippen LogP contribution in [0.3, 0.4) is 0 Å². The van der Waals surface area contributed by atoms with E-state index in [9.17, 15) is 0 Å². The van der Waals surface area contributed by atoms with Crippen LogP contribution >= 0.6 is 40.7 Å². The first-order valence-corrected chi connectivity index (χ1v) is 9.46. The van der Waals surface area contributed by atoms with E-state index >= 15 is 0 Å². The molecule has 1 saturated heterocycles. The van der Waals surface area contributed by atoms with E-state index in [1.807, 2.05) is 0 Å². The zero-order valence-electron chi connectivity index (χ0n) is 14.3. The molecule has 0 unspecified atom stereocenters. The van der Waals surface area contributed by atoms with Gasteiger partial charge in [0.05, 0.1) is 6.61 Å². The second-order valence-corrected chi connectivity index (χ2v) is 7.31. The monoisotopic (exact) mass is 438 g/mol. The third kappa shape index (κ3) is 5.25. The van der Waals surface area contributed by atoms with Gasteiger partial charge in [-0.1, -0.05) is 28.8 Å². The Kier molecular flexibility index (Phi) is 9.98. The van der Waals surface area contributed by atoms with Crippen molar-refractivity contribution < 1.29 is 4.74 Å². The number of hydrogen-bond donors (Lipinski definition) is 1. The standard InChI is InChI=1S/C18H27BrN2O.2ClH/c1-2-22-17-8-7-15(19)13-16(17)18(14-5-3-4-6-14)21-11-9-20-10-12-21;;/h7-8,13-14,18,20H,2-6,9-12H2,1H3;2*1H/t18-;;/m1../s1. The van der Waals surface area contributed by atoms with E-state index in [1.54, 1.807) is 0 Å². The molecule has 24 heavy (non-hydrogen) atoms. The van der Waals surface area contributed by atoms with Crippen LogP contribution < -0.4 is 10.1 Å². The summed E-state index contributed by atoms with van der Waals surface area (Å²) in [5.74, 6) is 1.84. The highest BCUT2D eigenvalue weighted by Crippen LogP contribution is 2.43. The molecule has 0 bridgehead atoms. The summed E-state index contributed by atoms with van der Waals surface area (Å²) in [4.78, 5) is 2.68. The minimum absolute atomic E-state index is 0. The van der Waals surface area contributed by atoms with Gasteiger partial charge in [0.2, 0.25) is 0 Å². The maximum Gasteiger partial charge on any atom is 0.124 e. The quantitative estimate of drug-likeness (QED) is 0.710. The van der Waals surface area contributed by atoms with E-state index in [1.165, 1.54) is 31.2 Å². The van der Waals surface area contributed by atoms with Crippen LogP contribution in [0.25, 0.3) is 0 Å². The molecular weight excluding hydrogens is 411 g/mol. The number of piperazine rings is 1. The largest absolute Gasteiger partial charge is 0.494 e. The maximum atomic E-state index is 5.96. The summed E-state index contributed by atoms with van der Waals surface area (Å²) in [6.45, 7) is 7.27. The lowest BCUT2D eigenvalue weighted by atomic mass is 9.89. The highest BCUT2D eigenvalue weighted by Gasteiger charge is 2.33. The summed E-state index contributed by atoms with van der Waals surface area (Å²) < 4.78 is 7.12. The topological polar surface area (TPSA) is 24.5 Å². The molecular formula is C18H29BrCl2N2O. The van der Waals surface area contributed by atoms with Gasteiger partial charge in [-0.25, -0.2) is 0 Å². The Labute approximate surface area is 166 Å². The fourth-order valence-corrected chi connectivity index (χ4v) is 4.40. The molecule has 1 heterocycles. The van der Waals surface area contributed by atoms with Crippen molar-refractivity contribution in [3.63, 3.8) is 0 Å². The van der Waals surface area contributed by atoms with Gasteiger partial charge in [-0.3, -0.25) is 4.90 Å². The van der Waals surface area contributed by atoms with Gasteiger partial charge in [0.15, 0.2) is 0 Å². The Morgan fingerprint density at radius 3 is 2.50 bits per heavy atom. The minimum Gasteiger partial charge on any atom is -0.494 e. The van der Waals surface area contributed by atoms with Crippen molar-refractivity contribution in [1.29, 1.82) is 0 Å². The highest BCUT2D eigenvalue weighted by molar-refractivity contribution is 9.10. The Balaban J connectivity index is 0.00000144. The summed E-state index contributed by atoms with van der Waals surface area (Å²) >= 11 is 3.66. The molecule has 0 aromatic heterocycles. The van der Waals surface area contributed by atoms with Gasteiger partial charge < -0.3 is 10.1 Å².